The van der Waals surface area contributed by atoms with Crippen LogP contribution in [-0.2, 0) is 11.3 Å². The third-order valence-electron chi connectivity index (χ3n) is 3.30. The topological polar surface area (TPSA) is 41.5 Å². The summed E-state index contributed by atoms with van der Waals surface area (Å²) in [6.07, 6.45) is 1.93. The maximum Gasteiger partial charge on any atom is 0.165 e. The molecule has 1 unspecified atom stereocenters. The number of phenols is 1. The van der Waals surface area contributed by atoms with E-state index < -0.39 is 5.82 Å². The van der Waals surface area contributed by atoms with Crippen LogP contribution in [0, 0.1) is 5.82 Å². The van der Waals surface area contributed by atoms with Gasteiger partial charge in [0.1, 0.15) is 0 Å². The molecule has 1 saturated heterocycles. The number of nitrogens with one attached hydrogen (secondary N) is 1. The molecule has 0 aromatic heterocycles. The van der Waals surface area contributed by atoms with Gasteiger partial charge in [0.05, 0.1) is 5.60 Å². The maximum atomic E-state index is 13.2. The van der Waals surface area contributed by atoms with E-state index in [1.54, 1.807) is 6.07 Å². The minimum Gasteiger partial charge on any atom is -0.505 e. The Bertz CT molecular complexity index is 420. The van der Waals surface area contributed by atoms with Gasteiger partial charge in [-0.15, -0.1) is 0 Å². The van der Waals surface area contributed by atoms with E-state index >= 15 is 0 Å². The Morgan fingerprint density at radius 3 is 2.94 bits per heavy atom. The van der Waals surface area contributed by atoms with Gasteiger partial charge in [-0.1, -0.05) is 6.07 Å². The lowest BCUT2D eigenvalue weighted by atomic mass is 9.94. The van der Waals surface area contributed by atoms with Crippen LogP contribution >= 0.6 is 0 Å². The smallest absolute Gasteiger partial charge is 0.165 e. The lowest BCUT2D eigenvalue weighted by Crippen LogP contribution is -2.43. The predicted molar refractivity (Wildman–Crippen MR) is 68.0 cm³/mol. The van der Waals surface area contributed by atoms with Gasteiger partial charge in [-0.25, -0.2) is 4.39 Å². The highest BCUT2D eigenvalue weighted by Crippen LogP contribution is 2.24. The van der Waals surface area contributed by atoms with Crippen molar-refractivity contribution in [2.24, 2.45) is 0 Å². The molecule has 0 bridgehead atoms. The Balaban J connectivity index is 1.89. The Kier molecular flexibility index (Phi) is 3.88. The molecule has 1 fully saturated rings. The van der Waals surface area contributed by atoms with Crippen LogP contribution in [0.15, 0.2) is 18.2 Å². The first-order valence-electron chi connectivity index (χ1n) is 6.31. The first kappa shape index (κ1) is 13.3. The second-order valence-electron chi connectivity index (χ2n) is 5.46. The van der Waals surface area contributed by atoms with E-state index in [0.29, 0.717) is 12.6 Å². The second-order valence-corrected chi connectivity index (χ2v) is 5.46. The summed E-state index contributed by atoms with van der Waals surface area (Å²) in [5, 5.41) is 12.5. The molecule has 2 N–H and O–H groups in total. The normalized spacial score (nSPS) is 22.9. The molecular weight excluding hydrogens is 233 g/mol. The van der Waals surface area contributed by atoms with Crippen molar-refractivity contribution in [3.05, 3.63) is 29.6 Å². The van der Waals surface area contributed by atoms with Gasteiger partial charge >= 0.3 is 0 Å². The highest BCUT2D eigenvalue weighted by atomic mass is 19.1. The van der Waals surface area contributed by atoms with Crippen LogP contribution in [-0.4, -0.2) is 23.4 Å². The van der Waals surface area contributed by atoms with Crippen molar-refractivity contribution in [2.45, 2.75) is 44.9 Å². The number of aromatic hydroxyl groups is 1. The molecule has 1 heterocycles. The largest absolute Gasteiger partial charge is 0.505 e. The van der Waals surface area contributed by atoms with E-state index in [9.17, 15) is 4.39 Å². The van der Waals surface area contributed by atoms with Crippen molar-refractivity contribution in [2.75, 3.05) is 6.61 Å². The van der Waals surface area contributed by atoms with Crippen LogP contribution in [0.25, 0.3) is 0 Å². The molecule has 4 heteroatoms. The maximum absolute atomic E-state index is 13.2. The molecular formula is C14H20FNO2. The number of ether oxygens (including phenoxy) is 1. The molecule has 1 atom stereocenters. The second kappa shape index (κ2) is 5.24. The first-order valence-corrected chi connectivity index (χ1v) is 6.31. The average molecular weight is 253 g/mol. The van der Waals surface area contributed by atoms with Crippen LogP contribution in [0.5, 0.6) is 5.75 Å². The molecule has 0 saturated carbocycles. The summed E-state index contributed by atoms with van der Waals surface area (Å²) in [6, 6.07) is 4.88. The standard InChI is InChI=1S/C14H20FNO2/c1-14(2)8-11(5-6-18-14)16-9-10-3-4-13(17)12(15)7-10/h3-4,7,11,16-17H,5-6,8-9H2,1-2H3. The molecule has 1 aliphatic rings. The van der Waals surface area contributed by atoms with Crippen LogP contribution < -0.4 is 5.32 Å². The number of hydrogen-bond donors (Lipinski definition) is 2. The summed E-state index contributed by atoms with van der Waals surface area (Å²) in [6.45, 7) is 5.54. The van der Waals surface area contributed by atoms with Gasteiger partial charge in [0, 0.05) is 19.2 Å². The first-order chi connectivity index (χ1) is 8.46. The molecule has 100 valence electrons. The number of hydrogen-bond acceptors (Lipinski definition) is 3. The monoisotopic (exact) mass is 253 g/mol. The van der Waals surface area contributed by atoms with Crippen LogP contribution in [0.1, 0.15) is 32.3 Å². The summed E-state index contributed by atoms with van der Waals surface area (Å²) in [5.74, 6) is -0.868. The SMILES string of the molecule is CC1(C)CC(NCc2ccc(O)c(F)c2)CCO1. The highest BCUT2D eigenvalue weighted by molar-refractivity contribution is 5.27. The summed E-state index contributed by atoms with van der Waals surface area (Å²) >= 11 is 0. The molecule has 0 aliphatic carbocycles. The van der Waals surface area contributed by atoms with E-state index in [1.807, 2.05) is 0 Å². The molecule has 3 nitrogen and oxygen atoms in total. The summed E-state index contributed by atoms with van der Waals surface area (Å²) in [5.41, 5.74) is 0.755. The fraction of sp³-hybridized carbons (Fsp3) is 0.571. The van der Waals surface area contributed by atoms with Crippen molar-refractivity contribution >= 4 is 0 Å². The van der Waals surface area contributed by atoms with Gasteiger partial charge in [0.2, 0.25) is 0 Å². The van der Waals surface area contributed by atoms with Crippen molar-refractivity contribution in [1.82, 2.24) is 5.32 Å². The number of rotatable bonds is 3. The molecule has 1 aliphatic heterocycles. The Hall–Kier alpha value is -1.13. The molecule has 0 radical (unpaired) electrons. The highest BCUT2D eigenvalue weighted by Gasteiger charge is 2.28. The minimum absolute atomic E-state index is 0.0872. The fourth-order valence-electron chi connectivity index (χ4n) is 2.33. The van der Waals surface area contributed by atoms with Crippen molar-refractivity contribution in [3.8, 4) is 5.75 Å². The third-order valence-corrected chi connectivity index (χ3v) is 3.30. The van der Waals surface area contributed by atoms with Gasteiger partial charge in [0.25, 0.3) is 0 Å². The van der Waals surface area contributed by atoms with Gasteiger partial charge in [0.15, 0.2) is 11.6 Å². The van der Waals surface area contributed by atoms with Crippen molar-refractivity contribution in [1.29, 1.82) is 0 Å². The predicted octanol–water partition coefficient (Wildman–Crippen LogP) is 2.58. The van der Waals surface area contributed by atoms with Gasteiger partial charge < -0.3 is 15.2 Å². The van der Waals surface area contributed by atoms with Crippen LogP contribution in [0.3, 0.4) is 0 Å². The Labute approximate surface area is 107 Å². The zero-order valence-electron chi connectivity index (χ0n) is 10.9. The third kappa shape index (κ3) is 3.43. The Morgan fingerprint density at radius 1 is 1.50 bits per heavy atom. The lowest BCUT2D eigenvalue weighted by molar-refractivity contribution is -0.0630. The lowest BCUT2D eigenvalue weighted by Gasteiger charge is -2.36. The average Bonchev–Trinajstić information content (AvgIpc) is 2.29. The number of phenolic OH excluding ortho intramolecular Hbond substituents is 1. The van der Waals surface area contributed by atoms with Gasteiger partial charge in [-0.05, 0) is 44.4 Å². The van der Waals surface area contributed by atoms with E-state index in [-0.39, 0.29) is 11.4 Å². The quantitative estimate of drug-likeness (QED) is 0.870. The van der Waals surface area contributed by atoms with Crippen molar-refractivity contribution in [3.63, 3.8) is 0 Å². The van der Waals surface area contributed by atoms with E-state index in [4.69, 9.17) is 9.84 Å². The zero-order valence-corrected chi connectivity index (χ0v) is 10.9. The van der Waals surface area contributed by atoms with E-state index in [2.05, 4.69) is 19.2 Å². The van der Waals surface area contributed by atoms with Crippen LogP contribution in [0.2, 0.25) is 0 Å². The number of halogens is 1. The molecule has 0 spiro atoms. The van der Waals surface area contributed by atoms with Crippen LogP contribution in [0.4, 0.5) is 4.39 Å². The van der Waals surface area contributed by atoms with E-state index in [0.717, 1.165) is 25.0 Å². The number of benzene rings is 1. The molecule has 18 heavy (non-hydrogen) atoms. The summed E-state index contributed by atoms with van der Waals surface area (Å²) in [7, 11) is 0. The molecule has 2 rings (SSSR count). The summed E-state index contributed by atoms with van der Waals surface area (Å²) in [4.78, 5) is 0. The van der Waals surface area contributed by atoms with Gasteiger partial charge in [-0.2, -0.15) is 0 Å². The fourth-order valence-corrected chi connectivity index (χ4v) is 2.33. The zero-order chi connectivity index (χ0) is 13.2. The van der Waals surface area contributed by atoms with Crippen molar-refractivity contribution < 1.29 is 14.2 Å². The Morgan fingerprint density at radius 2 is 2.28 bits per heavy atom. The molecule has 0 amide bonds. The molecule has 1 aromatic rings. The minimum atomic E-state index is -0.568. The van der Waals surface area contributed by atoms with Gasteiger partial charge in [-0.3, -0.25) is 0 Å². The van der Waals surface area contributed by atoms with E-state index in [1.165, 1.54) is 12.1 Å². The summed E-state index contributed by atoms with van der Waals surface area (Å²) < 4.78 is 18.8. The molecule has 1 aromatic carbocycles.